The van der Waals surface area contributed by atoms with Crippen LogP contribution in [0.1, 0.15) is 30.9 Å². The third-order valence-electron chi connectivity index (χ3n) is 4.28. The molecule has 0 saturated carbocycles. The molecule has 1 fully saturated rings. The number of hydrogen-bond donors (Lipinski definition) is 1. The summed E-state index contributed by atoms with van der Waals surface area (Å²) in [5, 5.41) is 3.48. The molecule has 112 valence electrons. The van der Waals surface area contributed by atoms with Crippen LogP contribution in [0, 0.1) is 6.92 Å². The Morgan fingerprint density at radius 1 is 1.35 bits per heavy atom. The number of benzene rings is 1. The summed E-state index contributed by atoms with van der Waals surface area (Å²) in [5.74, 6) is 0. The highest BCUT2D eigenvalue weighted by Crippen LogP contribution is 2.30. The van der Waals surface area contributed by atoms with Gasteiger partial charge < -0.3 is 14.8 Å². The maximum Gasteiger partial charge on any atom is 0.0881 e. The number of hydrogen-bond acceptors (Lipinski definition) is 3. The summed E-state index contributed by atoms with van der Waals surface area (Å²) in [5.41, 5.74) is 2.59. The van der Waals surface area contributed by atoms with Crippen molar-refractivity contribution in [3.8, 4) is 0 Å². The van der Waals surface area contributed by atoms with Crippen molar-refractivity contribution in [1.29, 1.82) is 0 Å². The lowest BCUT2D eigenvalue weighted by Crippen LogP contribution is -2.55. The number of ether oxygens (including phenoxy) is 2. The summed E-state index contributed by atoms with van der Waals surface area (Å²) in [6.07, 6.45) is 2.94. The molecule has 3 nitrogen and oxygen atoms in total. The molecule has 1 N–H and O–H groups in total. The van der Waals surface area contributed by atoms with Crippen LogP contribution in [0.3, 0.4) is 0 Å². The standard InChI is InChI=1S/C17H27NO2/c1-4-20-17(8-10-19-11-9-17)16(18-3)13-15-7-5-6-14(2)12-15/h5-7,12,16,18H,4,8-11,13H2,1-3H3. The van der Waals surface area contributed by atoms with Crippen molar-refractivity contribution in [2.75, 3.05) is 26.9 Å². The van der Waals surface area contributed by atoms with E-state index in [0.717, 1.165) is 39.1 Å². The van der Waals surface area contributed by atoms with E-state index in [2.05, 4.69) is 43.4 Å². The predicted octanol–water partition coefficient (Wildman–Crippen LogP) is 2.71. The van der Waals surface area contributed by atoms with Gasteiger partial charge in [-0.05, 0) is 32.9 Å². The fourth-order valence-electron chi connectivity index (χ4n) is 3.22. The smallest absolute Gasteiger partial charge is 0.0881 e. The first-order chi connectivity index (χ1) is 9.70. The topological polar surface area (TPSA) is 30.5 Å². The molecule has 1 saturated heterocycles. The number of aryl methyl sites for hydroxylation is 1. The van der Waals surface area contributed by atoms with E-state index >= 15 is 0 Å². The van der Waals surface area contributed by atoms with Crippen molar-refractivity contribution < 1.29 is 9.47 Å². The summed E-state index contributed by atoms with van der Waals surface area (Å²) >= 11 is 0. The molecule has 1 aliphatic rings. The zero-order valence-corrected chi connectivity index (χ0v) is 12.9. The monoisotopic (exact) mass is 277 g/mol. The molecule has 0 amide bonds. The minimum Gasteiger partial charge on any atom is -0.381 e. The zero-order valence-electron chi connectivity index (χ0n) is 12.9. The molecule has 1 aromatic rings. The zero-order chi connectivity index (χ0) is 14.4. The second kappa shape index (κ2) is 7.21. The van der Waals surface area contributed by atoms with Gasteiger partial charge in [0.1, 0.15) is 0 Å². The van der Waals surface area contributed by atoms with Crippen LogP contribution in [-0.4, -0.2) is 38.5 Å². The summed E-state index contributed by atoms with van der Waals surface area (Å²) < 4.78 is 11.7. The Balaban J connectivity index is 2.15. The molecule has 20 heavy (non-hydrogen) atoms. The molecule has 3 heteroatoms. The lowest BCUT2D eigenvalue weighted by molar-refractivity contribution is -0.125. The SMILES string of the molecule is CCOC1(C(Cc2cccc(C)c2)NC)CCOCC1. The molecular weight excluding hydrogens is 250 g/mol. The van der Waals surface area contributed by atoms with Crippen molar-refractivity contribution in [2.24, 2.45) is 0 Å². The average molecular weight is 277 g/mol. The molecule has 1 aromatic carbocycles. The molecule has 0 bridgehead atoms. The van der Waals surface area contributed by atoms with Crippen LogP contribution in [0.2, 0.25) is 0 Å². The first-order valence-corrected chi connectivity index (χ1v) is 7.64. The van der Waals surface area contributed by atoms with Gasteiger partial charge in [-0.1, -0.05) is 29.8 Å². The molecule has 0 aliphatic carbocycles. The molecule has 2 rings (SSSR count). The van der Waals surface area contributed by atoms with Gasteiger partial charge in [0.05, 0.1) is 5.60 Å². The largest absolute Gasteiger partial charge is 0.381 e. The maximum absolute atomic E-state index is 6.18. The van der Waals surface area contributed by atoms with Crippen molar-refractivity contribution in [2.45, 2.75) is 44.8 Å². The quantitative estimate of drug-likeness (QED) is 0.867. The van der Waals surface area contributed by atoms with Crippen LogP contribution >= 0.6 is 0 Å². The Kier molecular flexibility index (Phi) is 5.58. The van der Waals surface area contributed by atoms with Gasteiger partial charge in [-0.15, -0.1) is 0 Å². The Hall–Kier alpha value is -0.900. The molecule has 1 unspecified atom stereocenters. The predicted molar refractivity (Wildman–Crippen MR) is 82.1 cm³/mol. The van der Waals surface area contributed by atoms with Gasteiger partial charge in [0.15, 0.2) is 0 Å². The first kappa shape index (κ1) is 15.5. The molecule has 1 aliphatic heterocycles. The van der Waals surface area contributed by atoms with Gasteiger partial charge in [-0.3, -0.25) is 0 Å². The van der Waals surface area contributed by atoms with E-state index in [1.807, 2.05) is 7.05 Å². The van der Waals surface area contributed by atoms with E-state index in [9.17, 15) is 0 Å². The Morgan fingerprint density at radius 3 is 2.70 bits per heavy atom. The minimum absolute atomic E-state index is 0.0918. The van der Waals surface area contributed by atoms with Crippen LogP contribution in [0.5, 0.6) is 0 Å². The van der Waals surface area contributed by atoms with Gasteiger partial charge in [-0.2, -0.15) is 0 Å². The highest BCUT2D eigenvalue weighted by atomic mass is 16.5. The summed E-state index contributed by atoms with van der Waals surface area (Å²) in [6.45, 7) is 6.57. The lowest BCUT2D eigenvalue weighted by atomic mass is 9.82. The number of nitrogens with one attached hydrogen (secondary N) is 1. The fraction of sp³-hybridized carbons (Fsp3) is 0.647. The van der Waals surface area contributed by atoms with Crippen molar-refractivity contribution in [1.82, 2.24) is 5.32 Å². The Labute approximate surface area is 122 Å². The number of likely N-dealkylation sites (N-methyl/N-ethyl adjacent to an activating group) is 1. The molecular formula is C17H27NO2. The van der Waals surface area contributed by atoms with Crippen molar-refractivity contribution >= 4 is 0 Å². The Bertz CT molecular complexity index is 408. The summed E-state index contributed by atoms with van der Waals surface area (Å²) in [4.78, 5) is 0. The van der Waals surface area contributed by atoms with E-state index in [4.69, 9.17) is 9.47 Å². The fourth-order valence-corrected chi connectivity index (χ4v) is 3.22. The van der Waals surface area contributed by atoms with Crippen molar-refractivity contribution in [3.63, 3.8) is 0 Å². The van der Waals surface area contributed by atoms with Crippen LogP contribution < -0.4 is 5.32 Å². The number of rotatable bonds is 6. The van der Waals surface area contributed by atoms with Crippen LogP contribution in [0.25, 0.3) is 0 Å². The van der Waals surface area contributed by atoms with Gasteiger partial charge in [0.25, 0.3) is 0 Å². The lowest BCUT2D eigenvalue weighted by Gasteiger charge is -2.43. The average Bonchev–Trinajstić information content (AvgIpc) is 2.46. The maximum atomic E-state index is 6.18. The highest BCUT2D eigenvalue weighted by Gasteiger charge is 2.40. The van der Waals surface area contributed by atoms with Crippen molar-refractivity contribution in [3.05, 3.63) is 35.4 Å². The summed E-state index contributed by atoms with van der Waals surface area (Å²) in [7, 11) is 2.04. The van der Waals surface area contributed by atoms with Gasteiger partial charge in [0, 0.05) is 38.7 Å². The molecule has 0 aromatic heterocycles. The molecule has 0 spiro atoms. The van der Waals surface area contributed by atoms with E-state index in [-0.39, 0.29) is 5.60 Å². The second-order valence-electron chi connectivity index (χ2n) is 5.64. The molecule has 0 radical (unpaired) electrons. The third-order valence-corrected chi connectivity index (χ3v) is 4.28. The normalized spacial score (nSPS) is 19.8. The van der Waals surface area contributed by atoms with Crippen LogP contribution in [-0.2, 0) is 15.9 Å². The highest BCUT2D eigenvalue weighted by molar-refractivity contribution is 5.23. The molecule has 1 atom stereocenters. The van der Waals surface area contributed by atoms with Gasteiger partial charge >= 0.3 is 0 Å². The van der Waals surface area contributed by atoms with E-state index in [0.29, 0.717) is 6.04 Å². The second-order valence-corrected chi connectivity index (χ2v) is 5.64. The van der Waals surface area contributed by atoms with E-state index < -0.39 is 0 Å². The summed E-state index contributed by atoms with van der Waals surface area (Å²) in [6, 6.07) is 9.08. The third kappa shape index (κ3) is 3.60. The Morgan fingerprint density at radius 2 is 2.10 bits per heavy atom. The van der Waals surface area contributed by atoms with Crippen LogP contribution in [0.15, 0.2) is 24.3 Å². The van der Waals surface area contributed by atoms with Crippen LogP contribution in [0.4, 0.5) is 0 Å². The minimum atomic E-state index is -0.0918. The van der Waals surface area contributed by atoms with Gasteiger partial charge in [0.2, 0.25) is 0 Å². The van der Waals surface area contributed by atoms with Gasteiger partial charge in [-0.25, -0.2) is 0 Å². The molecule has 1 heterocycles. The first-order valence-electron chi connectivity index (χ1n) is 7.64. The van der Waals surface area contributed by atoms with E-state index in [1.165, 1.54) is 11.1 Å². The van der Waals surface area contributed by atoms with E-state index in [1.54, 1.807) is 0 Å².